The average molecular weight is 311 g/mol. The average Bonchev–Trinajstić information content (AvgIpc) is 2.46. The van der Waals surface area contributed by atoms with Crippen LogP contribution < -0.4 is 16.4 Å². The number of piperazine rings is 1. The van der Waals surface area contributed by atoms with Gasteiger partial charge in [-0.25, -0.2) is 0 Å². The minimum atomic E-state index is -0.852. The van der Waals surface area contributed by atoms with Gasteiger partial charge in [0, 0.05) is 26.2 Å². The zero-order valence-corrected chi connectivity index (χ0v) is 12.4. The Morgan fingerprint density at radius 1 is 1.19 bits per heavy atom. The van der Waals surface area contributed by atoms with Gasteiger partial charge in [-0.3, -0.25) is 9.59 Å². The molecule has 1 heterocycles. The Labute approximate surface area is 128 Å². The Balaban J connectivity index is 1.93. The monoisotopic (exact) mass is 310 g/mol. The smallest absolute Gasteiger partial charge is 0.240 e. The molecule has 1 aliphatic heterocycles. The summed E-state index contributed by atoms with van der Waals surface area (Å²) in [5.41, 5.74) is 11.7. The van der Waals surface area contributed by atoms with E-state index in [1.165, 1.54) is 0 Å². The Morgan fingerprint density at radius 2 is 1.81 bits per heavy atom. The number of nitrogens with two attached hydrogens (primary N) is 2. The van der Waals surface area contributed by atoms with Crippen LogP contribution >= 0.6 is 11.6 Å². The molecule has 1 unspecified atom stereocenters. The molecule has 6 nitrogen and oxygen atoms in total. The van der Waals surface area contributed by atoms with Gasteiger partial charge in [-0.05, 0) is 12.1 Å². The van der Waals surface area contributed by atoms with E-state index in [-0.39, 0.29) is 12.3 Å². The van der Waals surface area contributed by atoms with Gasteiger partial charge in [0.2, 0.25) is 11.8 Å². The number of primary amides is 1. The van der Waals surface area contributed by atoms with Crippen molar-refractivity contribution >= 4 is 29.1 Å². The summed E-state index contributed by atoms with van der Waals surface area (Å²) in [7, 11) is 0. The van der Waals surface area contributed by atoms with Crippen molar-refractivity contribution < 1.29 is 9.59 Å². The predicted octanol–water partition coefficient (Wildman–Crippen LogP) is 0.191. The van der Waals surface area contributed by atoms with Crippen molar-refractivity contribution in [3.8, 4) is 0 Å². The van der Waals surface area contributed by atoms with Crippen LogP contribution in [0.5, 0.6) is 0 Å². The van der Waals surface area contributed by atoms with Crippen molar-refractivity contribution in [2.45, 2.75) is 12.5 Å². The summed E-state index contributed by atoms with van der Waals surface area (Å²) < 4.78 is 0. The first-order valence-electron chi connectivity index (χ1n) is 6.81. The Bertz CT molecular complexity index is 529. The second kappa shape index (κ2) is 6.78. The molecule has 2 amide bonds. The number of carbonyl (C=O) groups excluding carboxylic acids is 2. The largest absolute Gasteiger partial charge is 0.370 e. The molecule has 0 aromatic heterocycles. The summed E-state index contributed by atoms with van der Waals surface area (Å²) in [6, 6.07) is 6.76. The van der Waals surface area contributed by atoms with Gasteiger partial charge in [0.1, 0.15) is 0 Å². The van der Waals surface area contributed by atoms with Gasteiger partial charge in [0.25, 0.3) is 0 Å². The molecule has 0 spiro atoms. The van der Waals surface area contributed by atoms with Crippen LogP contribution in [-0.4, -0.2) is 48.9 Å². The van der Waals surface area contributed by atoms with E-state index in [0.717, 1.165) is 5.69 Å². The highest BCUT2D eigenvalue weighted by Gasteiger charge is 2.26. The first kappa shape index (κ1) is 15.6. The molecular formula is C14H19ClN4O2. The molecule has 21 heavy (non-hydrogen) atoms. The van der Waals surface area contributed by atoms with Crippen LogP contribution in [-0.2, 0) is 9.59 Å². The van der Waals surface area contributed by atoms with Gasteiger partial charge >= 0.3 is 0 Å². The molecule has 1 fully saturated rings. The maximum atomic E-state index is 12.1. The number of carbonyl (C=O) groups is 2. The summed E-state index contributed by atoms with van der Waals surface area (Å²) in [5.74, 6) is -0.793. The van der Waals surface area contributed by atoms with E-state index < -0.39 is 11.9 Å². The van der Waals surface area contributed by atoms with E-state index in [9.17, 15) is 9.59 Å². The van der Waals surface area contributed by atoms with Gasteiger partial charge in [0.15, 0.2) is 0 Å². The van der Waals surface area contributed by atoms with E-state index >= 15 is 0 Å². The van der Waals surface area contributed by atoms with Crippen LogP contribution in [0.2, 0.25) is 5.02 Å². The van der Waals surface area contributed by atoms with Crippen molar-refractivity contribution in [2.75, 3.05) is 31.1 Å². The second-order valence-corrected chi connectivity index (χ2v) is 5.45. The fourth-order valence-corrected chi connectivity index (χ4v) is 2.67. The summed E-state index contributed by atoms with van der Waals surface area (Å²) >= 11 is 6.17. The number of hydrogen-bond donors (Lipinski definition) is 2. The van der Waals surface area contributed by atoms with Crippen LogP contribution in [0.1, 0.15) is 6.42 Å². The standard InChI is InChI=1S/C14H19ClN4O2/c15-10-3-1-2-4-12(10)18-5-7-19(8-6-18)14(21)11(16)9-13(17)20/h1-4,11H,5-9,16H2,(H2,17,20). The topological polar surface area (TPSA) is 92.7 Å². The number of nitrogens with zero attached hydrogens (tertiary/aromatic N) is 2. The molecule has 114 valence electrons. The molecular weight excluding hydrogens is 292 g/mol. The van der Waals surface area contributed by atoms with E-state index in [2.05, 4.69) is 4.90 Å². The predicted molar refractivity (Wildman–Crippen MR) is 82.0 cm³/mol. The fourth-order valence-electron chi connectivity index (χ4n) is 2.41. The first-order valence-corrected chi connectivity index (χ1v) is 7.19. The van der Waals surface area contributed by atoms with Crippen molar-refractivity contribution in [1.82, 2.24) is 4.90 Å². The third-order valence-corrected chi connectivity index (χ3v) is 3.84. The molecule has 0 bridgehead atoms. The normalized spacial score (nSPS) is 16.7. The number of para-hydroxylation sites is 1. The molecule has 2 rings (SSSR count). The molecule has 7 heteroatoms. The van der Waals surface area contributed by atoms with Crippen LogP contribution in [0.15, 0.2) is 24.3 Å². The molecule has 0 saturated carbocycles. The molecule has 0 radical (unpaired) electrons. The Morgan fingerprint density at radius 3 is 2.38 bits per heavy atom. The third kappa shape index (κ3) is 3.86. The highest BCUT2D eigenvalue weighted by molar-refractivity contribution is 6.33. The third-order valence-electron chi connectivity index (χ3n) is 3.52. The minimum absolute atomic E-state index is 0.121. The highest BCUT2D eigenvalue weighted by atomic mass is 35.5. The van der Waals surface area contributed by atoms with Gasteiger partial charge in [-0.15, -0.1) is 0 Å². The van der Waals surface area contributed by atoms with E-state index in [1.54, 1.807) is 4.90 Å². The zero-order valence-electron chi connectivity index (χ0n) is 11.7. The molecule has 0 aliphatic carbocycles. The van der Waals surface area contributed by atoms with E-state index in [1.807, 2.05) is 24.3 Å². The fraction of sp³-hybridized carbons (Fsp3) is 0.429. The first-order chi connectivity index (χ1) is 9.99. The molecule has 1 atom stereocenters. The lowest BCUT2D eigenvalue weighted by molar-refractivity contribution is -0.134. The summed E-state index contributed by atoms with van der Waals surface area (Å²) in [5, 5.41) is 0.697. The number of rotatable bonds is 4. The minimum Gasteiger partial charge on any atom is -0.370 e. The summed E-state index contributed by atoms with van der Waals surface area (Å²) in [4.78, 5) is 26.7. The quantitative estimate of drug-likeness (QED) is 0.830. The number of anilines is 1. The van der Waals surface area contributed by atoms with Crippen LogP contribution in [0.4, 0.5) is 5.69 Å². The Hall–Kier alpha value is -1.79. The van der Waals surface area contributed by atoms with Crippen LogP contribution in [0.3, 0.4) is 0 Å². The van der Waals surface area contributed by atoms with E-state index in [4.69, 9.17) is 23.1 Å². The maximum absolute atomic E-state index is 12.1. The van der Waals surface area contributed by atoms with E-state index in [0.29, 0.717) is 31.2 Å². The number of benzene rings is 1. The number of halogens is 1. The maximum Gasteiger partial charge on any atom is 0.240 e. The van der Waals surface area contributed by atoms with Gasteiger partial charge in [0.05, 0.1) is 23.2 Å². The highest BCUT2D eigenvalue weighted by Crippen LogP contribution is 2.26. The van der Waals surface area contributed by atoms with Gasteiger partial charge in [-0.2, -0.15) is 0 Å². The summed E-state index contributed by atoms with van der Waals surface area (Å²) in [6.45, 7) is 2.46. The molecule has 1 saturated heterocycles. The molecule has 1 aromatic carbocycles. The lowest BCUT2D eigenvalue weighted by atomic mass is 10.1. The Kier molecular flexibility index (Phi) is 5.03. The summed E-state index contributed by atoms with van der Waals surface area (Å²) in [6.07, 6.45) is -0.121. The van der Waals surface area contributed by atoms with Crippen LogP contribution in [0.25, 0.3) is 0 Å². The number of amides is 2. The zero-order chi connectivity index (χ0) is 15.4. The van der Waals surface area contributed by atoms with Gasteiger partial charge < -0.3 is 21.3 Å². The SMILES string of the molecule is NC(=O)CC(N)C(=O)N1CCN(c2ccccc2Cl)CC1. The molecule has 1 aliphatic rings. The number of hydrogen-bond acceptors (Lipinski definition) is 4. The van der Waals surface area contributed by atoms with Crippen LogP contribution in [0, 0.1) is 0 Å². The van der Waals surface area contributed by atoms with Crippen molar-refractivity contribution in [3.63, 3.8) is 0 Å². The molecule has 4 N–H and O–H groups in total. The van der Waals surface area contributed by atoms with Gasteiger partial charge in [-0.1, -0.05) is 23.7 Å². The van der Waals surface area contributed by atoms with Crippen molar-refractivity contribution in [2.24, 2.45) is 11.5 Å². The van der Waals surface area contributed by atoms with Crippen molar-refractivity contribution in [1.29, 1.82) is 0 Å². The lowest BCUT2D eigenvalue weighted by Crippen LogP contribution is -2.53. The van der Waals surface area contributed by atoms with Crippen molar-refractivity contribution in [3.05, 3.63) is 29.3 Å². The second-order valence-electron chi connectivity index (χ2n) is 5.04. The lowest BCUT2D eigenvalue weighted by Gasteiger charge is -2.37. The molecule has 1 aromatic rings.